The highest BCUT2D eigenvalue weighted by molar-refractivity contribution is 5.93. The van der Waals surface area contributed by atoms with Gasteiger partial charge in [0.25, 0.3) is 0 Å². The third-order valence-electron chi connectivity index (χ3n) is 5.09. The quantitative estimate of drug-likeness (QED) is 0.714. The van der Waals surface area contributed by atoms with E-state index in [1.807, 2.05) is 48.5 Å². The van der Waals surface area contributed by atoms with Crippen LogP contribution in [0.2, 0.25) is 0 Å². The number of rotatable bonds is 4. The van der Waals surface area contributed by atoms with Gasteiger partial charge in [-0.3, -0.25) is 4.79 Å². The van der Waals surface area contributed by atoms with Crippen LogP contribution in [-0.4, -0.2) is 41.6 Å². The maximum Gasteiger partial charge on any atom is 0.409 e. The smallest absolute Gasteiger partial charge is 0.409 e. The number of aromatic nitrogens is 1. The van der Waals surface area contributed by atoms with Crippen molar-refractivity contribution in [2.45, 2.75) is 19.8 Å². The number of nitrogens with one attached hydrogen (secondary N) is 1. The van der Waals surface area contributed by atoms with E-state index in [1.54, 1.807) is 11.8 Å². The van der Waals surface area contributed by atoms with Gasteiger partial charge in [-0.1, -0.05) is 12.1 Å². The molecule has 29 heavy (non-hydrogen) atoms. The van der Waals surface area contributed by atoms with Crippen molar-refractivity contribution in [3.63, 3.8) is 0 Å². The van der Waals surface area contributed by atoms with Gasteiger partial charge in [0.1, 0.15) is 5.52 Å². The number of likely N-dealkylation sites (tertiary alicyclic amines) is 1. The topological polar surface area (TPSA) is 84.7 Å². The number of benzene rings is 2. The number of para-hydroxylation sites is 2. The Kier molecular flexibility index (Phi) is 5.46. The van der Waals surface area contributed by atoms with E-state index < -0.39 is 0 Å². The van der Waals surface area contributed by atoms with Crippen molar-refractivity contribution in [3.8, 4) is 11.5 Å². The molecular formula is C22H23N3O4. The first kappa shape index (κ1) is 19.0. The van der Waals surface area contributed by atoms with E-state index in [4.69, 9.17) is 9.15 Å². The van der Waals surface area contributed by atoms with Gasteiger partial charge in [0.05, 0.1) is 6.61 Å². The highest BCUT2D eigenvalue weighted by Crippen LogP contribution is 2.26. The molecule has 0 saturated carbocycles. The van der Waals surface area contributed by atoms with Gasteiger partial charge in [-0.25, -0.2) is 9.78 Å². The van der Waals surface area contributed by atoms with E-state index in [2.05, 4.69) is 10.3 Å². The van der Waals surface area contributed by atoms with E-state index in [9.17, 15) is 9.59 Å². The van der Waals surface area contributed by atoms with Crippen molar-refractivity contribution in [1.29, 1.82) is 0 Å². The maximum absolute atomic E-state index is 12.6. The van der Waals surface area contributed by atoms with Crippen LogP contribution in [0.4, 0.5) is 10.5 Å². The summed E-state index contributed by atoms with van der Waals surface area (Å²) >= 11 is 0. The number of oxazole rings is 1. The molecule has 0 atom stereocenters. The molecule has 1 fully saturated rings. The molecule has 0 bridgehead atoms. The lowest BCUT2D eigenvalue weighted by Crippen LogP contribution is -2.41. The Morgan fingerprint density at radius 2 is 1.86 bits per heavy atom. The zero-order valence-electron chi connectivity index (χ0n) is 16.3. The first-order valence-electron chi connectivity index (χ1n) is 9.82. The summed E-state index contributed by atoms with van der Waals surface area (Å²) in [7, 11) is 0. The van der Waals surface area contributed by atoms with Gasteiger partial charge in [-0.05, 0) is 56.2 Å². The minimum absolute atomic E-state index is 0.0249. The van der Waals surface area contributed by atoms with Crippen LogP contribution >= 0.6 is 0 Å². The van der Waals surface area contributed by atoms with Crippen LogP contribution in [0.15, 0.2) is 52.9 Å². The number of hydrogen-bond acceptors (Lipinski definition) is 5. The zero-order chi connectivity index (χ0) is 20.2. The average Bonchev–Trinajstić information content (AvgIpc) is 3.19. The predicted octanol–water partition coefficient (Wildman–Crippen LogP) is 4.30. The number of carbonyl (C=O) groups is 2. The number of piperidine rings is 1. The van der Waals surface area contributed by atoms with Crippen molar-refractivity contribution in [2.24, 2.45) is 5.92 Å². The van der Waals surface area contributed by atoms with Crippen LogP contribution in [-0.2, 0) is 9.53 Å². The van der Waals surface area contributed by atoms with E-state index in [-0.39, 0.29) is 17.9 Å². The van der Waals surface area contributed by atoms with Gasteiger partial charge < -0.3 is 19.4 Å². The molecule has 0 radical (unpaired) electrons. The standard InChI is InChI=1S/C22H23N3O4/c1-2-28-22(27)25-13-11-15(12-14-25)20(26)23-17-9-7-16(8-10-17)21-24-18-5-3-4-6-19(18)29-21/h3-10,15H,2,11-14H2,1H3,(H,23,26). The molecule has 0 unspecified atom stereocenters. The van der Waals surface area contributed by atoms with Crippen molar-refractivity contribution in [1.82, 2.24) is 9.88 Å². The van der Waals surface area contributed by atoms with Gasteiger partial charge >= 0.3 is 6.09 Å². The minimum atomic E-state index is -0.304. The molecule has 1 aromatic heterocycles. The fourth-order valence-electron chi connectivity index (χ4n) is 3.48. The Bertz CT molecular complexity index is 971. The summed E-state index contributed by atoms with van der Waals surface area (Å²) in [6.07, 6.45) is 0.957. The second-order valence-corrected chi connectivity index (χ2v) is 7.01. The number of amides is 2. The highest BCUT2D eigenvalue weighted by atomic mass is 16.6. The molecule has 1 N–H and O–H groups in total. The van der Waals surface area contributed by atoms with Gasteiger partial charge in [-0.15, -0.1) is 0 Å². The molecule has 1 saturated heterocycles. The summed E-state index contributed by atoms with van der Waals surface area (Å²) in [4.78, 5) is 30.5. The van der Waals surface area contributed by atoms with E-state index in [0.29, 0.717) is 38.4 Å². The van der Waals surface area contributed by atoms with Crippen LogP contribution in [0.3, 0.4) is 0 Å². The number of anilines is 1. The van der Waals surface area contributed by atoms with Crippen LogP contribution in [0, 0.1) is 5.92 Å². The Hall–Kier alpha value is -3.35. The lowest BCUT2D eigenvalue weighted by molar-refractivity contribution is -0.121. The first-order valence-corrected chi connectivity index (χ1v) is 9.82. The fraction of sp³-hybridized carbons (Fsp3) is 0.318. The van der Waals surface area contributed by atoms with E-state index in [0.717, 1.165) is 22.4 Å². The second kappa shape index (κ2) is 8.34. The van der Waals surface area contributed by atoms with E-state index in [1.165, 1.54) is 0 Å². The third-order valence-corrected chi connectivity index (χ3v) is 5.09. The molecule has 3 aromatic rings. The predicted molar refractivity (Wildman–Crippen MR) is 109 cm³/mol. The van der Waals surface area contributed by atoms with Crippen molar-refractivity contribution >= 4 is 28.8 Å². The van der Waals surface area contributed by atoms with Crippen LogP contribution < -0.4 is 5.32 Å². The first-order chi connectivity index (χ1) is 14.1. The summed E-state index contributed by atoms with van der Waals surface area (Å²) in [6, 6.07) is 15.1. The molecule has 150 valence electrons. The summed E-state index contributed by atoms with van der Waals surface area (Å²) < 4.78 is 10.8. The monoisotopic (exact) mass is 393 g/mol. The van der Waals surface area contributed by atoms with Gasteiger partial charge in [0.15, 0.2) is 5.58 Å². The number of hydrogen-bond donors (Lipinski definition) is 1. The Balaban J connectivity index is 1.35. The SMILES string of the molecule is CCOC(=O)N1CCC(C(=O)Nc2ccc(-c3nc4ccccc4o3)cc2)CC1. The number of fused-ring (bicyclic) bond motifs is 1. The highest BCUT2D eigenvalue weighted by Gasteiger charge is 2.28. The van der Waals surface area contributed by atoms with Crippen molar-refractivity contribution < 1.29 is 18.7 Å². The average molecular weight is 393 g/mol. The van der Waals surface area contributed by atoms with E-state index >= 15 is 0 Å². The largest absolute Gasteiger partial charge is 0.450 e. The van der Waals surface area contributed by atoms with Crippen LogP contribution in [0.5, 0.6) is 0 Å². The lowest BCUT2D eigenvalue weighted by Gasteiger charge is -2.30. The van der Waals surface area contributed by atoms with Crippen LogP contribution in [0.25, 0.3) is 22.6 Å². The van der Waals surface area contributed by atoms with Gasteiger partial charge in [0, 0.05) is 30.3 Å². The van der Waals surface area contributed by atoms with Gasteiger partial charge in [0.2, 0.25) is 11.8 Å². The Morgan fingerprint density at radius 3 is 2.55 bits per heavy atom. The molecule has 1 aliphatic rings. The molecule has 4 rings (SSSR count). The summed E-state index contributed by atoms with van der Waals surface area (Å²) in [5, 5.41) is 2.96. The van der Waals surface area contributed by atoms with Crippen LogP contribution in [0.1, 0.15) is 19.8 Å². The molecule has 7 heteroatoms. The summed E-state index contributed by atoms with van der Waals surface area (Å²) in [5.41, 5.74) is 3.13. The number of nitrogens with zero attached hydrogens (tertiary/aromatic N) is 2. The number of carbonyl (C=O) groups excluding carboxylic acids is 2. The minimum Gasteiger partial charge on any atom is -0.450 e. The third kappa shape index (κ3) is 4.23. The molecule has 2 aromatic carbocycles. The Morgan fingerprint density at radius 1 is 1.14 bits per heavy atom. The summed E-state index contributed by atoms with van der Waals surface area (Å²) in [6.45, 7) is 3.22. The molecule has 2 heterocycles. The van der Waals surface area contributed by atoms with Crippen molar-refractivity contribution in [2.75, 3.05) is 25.0 Å². The number of ether oxygens (including phenoxy) is 1. The molecule has 0 aliphatic carbocycles. The molecule has 0 spiro atoms. The van der Waals surface area contributed by atoms with Gasteiger partial charge in [-0.2, -0.15) is 0 Å². The second-order valence-electron chi connectivity index (χ2n) is 7.01. The summed E-state index contributed by atoms with van der Waals surface area (Å²) in [5.74, 6) is 0.413. The lowest BCUT2D eigenvalue weighted by atomic mass is 9.96. The fourth-order valence-corrected chi connectivity index (χ4v) is 3.48. The van der Waals surface area contributed by atoms with Crippen molar-refractivity contribution in [3.05, 3.63) is 48.5 Å². The molecule has 7 nitrogen and oxygen atoms in total. The molecule has 2 amide bonds. The maximum atomic E-state index is 12.6. The molecular weight excluding hydrogens is 370 g/mol. The normalized spacial score (nSPS) is 14.7. The molecule has 1 aliphatic heterocycles. The zero-order valence-corrected chi connectivity index (χ0v) is 16.3. The Labute approximate surface area is 168 Å².